The van der Waals surface area contributed by atoms with Crippen molar-refractivity contribution >= 4 is 17.7 Å². The largest absolute Gasteiger partial charge is 0.465 e. The van der Waals surface area contributed by atoms with Crippen molar-refractivity contribution in [3.8, 4) is 0 Å². The van der Waals surface area contributed by atoms with E-state index in [9.17, 15) is 4.79 Å². The molecule has 15 heavy (non-hydrogen) atoms. The highest BCUT2D eigenvalue weighted by atomic mass is 35.5. The Hall–Kier alpha value is -1.26. The van der Waals surface area contributed by atoms with Gasteiger partial charge in [0.25, 0.3) is 0 Å². The van der Waals surface area contributed by atoms with Crippen molar-refractivity contribution in [1.82, 2.24) is 5.32 Å². The summed E-state index contributed by atoms with van der Waals surface area (Å²) in [6.45, 7) is -0.227. The Balaban J connectivity index is 2.58. The summed E-state index contributed by atoms with van der Waals surface area (Å²) in [4.78, 5) is 10.4. The molecule has 0 aliphatic rings. The van der Waals surface area contributed by atoms with E-state index in [-0.39, 0.29) is 6.61 Å². The molecule has 1 unspecified atom stereocenters. The fraction of sp³-hybridized carbons (Fsp3) is 0.300. The van der Waals surface area contributed by atoms with Crippen LogP contribution in [0.25, 0.3) is 0 Å². The average Bonchev–Trinajstić information content (AvgIpc) is 2.19. The Kier molecular flexibility index (Phi) is 4.39. The second-order valence-electron chi connectivity index (χ2n) is 3.16. The van der Waals surface area contributed by atoms with Crippen molar-refractivity contribution in [3.63, 3.8) is 0 Å². The van der Waals surface area contributed by atoms with Gasteiger partial charge in [-0.2, -0.15) is 0 Å². The van der Waals surface area contributed by atoms with Crippen molar-refractivity contribution in [2.24, 2.45) is 0 Å². The molecule has 0 aromatic heterocycles. The first-order valence-electron chi connectivity index (χ1n) is 4.46. The maximum absolute atomic E-state index is 10.4. The zero-order valence-electron chi connectivity index (χ0n) is 7.98. The molecule has 0 radical (unpaired) electrons. The van der Waals surface area contributed by atoms with Crippen LogP contribution in [0.3, 0.4) is 0 Å². The van der Waals surface area contributed by atoms with Gasteiger partial charge in [-0.05, 0) is 24.1 Å². The van der Waals surface area contributed by atoms with Gasteiger partial charge in [0.15, 0.2) is 0 Å². The van der Waals surface area contributed by atoms with Crippen LogP contribution in [0.2, 0.25) is 5.02 Å². The summed E-state index contributed by atoms with van der Waals surface area (Å²) in [7, 11) is 0. The van der Waals surface area contributed by atoms with Gasteiger partial charge in [0.1, 0.15) is 0 Å². The monoisotopic (exact) mass is 229 g/mol. The van der Waals surface area contributed by atoms with Crippen molar-refractivity contribution < 1.29 is 15.0 Å². The summed E-state index contributed by atoms with van der Waals surface area (Å²) in [6, 6.07) is 6.57. The molecule has 3 N–H and O–H groups in total. The van der Waals surface area contributed by atoms with E-state index in [0.29, 0.717) is 11.4 Å². The summed E-state index contributed by atoms with van der Waals surface area (Å²) >= 11 is 5.71. The van der Waals surface area contributed by atoms with Gasteiger partial charge in [-0.1, -0.05) is 23.7 Å². The molecule has 4 nitrogen and oxygen atoms in total. The maximum atomic E-state index is 10.4. The van der Waals surface area contributed by atoms with Crippen molar-refractivity contribution in [2.75, 3.05) is 6.61 Å². The van der Waals surface area contributed by atoms with Gasteiger partial charge in [-0.15, -0.1) is 0 Å². The molecule has 1 aromatic carbocycles. The molecule has 0 spiro atoms. The number of rotatable bonds is 4. The molecule has 0 heterocycles. The van der Waals surface area contributed by atoms with Crippen molar-refractivity contribution in [3.05, 3.63) is 34.9 Å². The minimum absolute atomic E-state index is 0.227. The lowest BCUT2D eigenvalue weighted by molar-refractivity contribution is 0.177. The first-order chi connectivity index (χ1) is 7.11. The lowest BCUT2D eigenvalue weighted by atomic mass is 10.1. The summed E-state index contributed by atoms with van der Waals surface area (Å²) in [6.07, 6.45) is -0.692. The zero-order valence-corrected chi connectivity index (χ0v) is 8.74. The second-order valence-corrected chi connectivity index (χ2v) is 3.60. The number of amides is 1. The molecule has 82 valence electrons. The van der Waals surface area contributed by atoms with Crippen LogP contribution in [0.4, 0.5) is 4.79 Å². The van der Waals surface area contributed by atoms with Gasteiger partial charge in [0.05, 0.1) is 12.6 Å². The lowest BCUT2D eigenvalue weighted by Gasteiger charge is -2.13. The fourth-order valence-electron chi connectivity index (χ4n) is 1.24. The number of nitrogens with one attached hydrogen (secondary N) is 1. The van der Waals surface area contributed by atoms with Crippen molar-refractivity contribution in [2.45, 2.75) is 12.5 Å². The Labute approximate surface area is 92.5 Å². The minimum Gasteiger partial charge on any atom is -0.465 e. The average molecular weight is 230 g/mol. The molecule has 0 aliphatic carbocycles. The lowest BCUT2D eigenvalue weighted by Crippen LogP contribution is -2.38. The Bertz CT molecular complexity index is 326. The van der Waals surface area contributed by atoms with Crippen molar-refractivity contribution in [1.29, 1.82) is 0 Å². The standard InChI is InChI=1S/C10H12ClNO3/c11-8-3-1-7(2-4-8)5-9(6-13)12-10(14)15/h1-4,9,12-13H,5-6H2,(H,14,15). The number of hydrogen-bond donors (Lipinski definition) is 3. The summed E-state index contributed by atoms with van der Waals surface area (Å²) in [5, 5.41) is 20.3. The number of aliphatic hydroxyl groups excluding tert-OH is 1. The molecule has 0 saturated heterocycles. The van der Waals surface area contributed by atoms with Crippen LogP contribution in [-0.2, 0) is 6.42 Å². The third-order valence-electron chi connectivity index (χ3n) is 1.94. The number of benzene rings is 1. The normalized spacial score (nSPS) is 12.1. The number of halogens is 1. The van der Waals surface area contributed by atoms with Crippen LogP contribution in [0, 0.1) is 0 Å². The van der Waals surface area contributed by atoms with Gasteiger partial charge in [-0.25, -0.2) is 4.79 Å². The Morgan fingerprint density at radius 1 is 1.40 bits per heavy atom. The van der Waals surface area contributed by atoms with E-state index in [1.165, 1.54) is 0 Å². The molecule has 1 atom stereocenters. The molecule has 0 fully saturated rings. The second kappa shape index (κ2) is 5.58. The number of hydrogen-bond acceptors (Lipinski definition) is 2. The van der Waals surface area contributed by atoms with E-state index in [1.54, 1.807) is 24.3 Å². The maximum Gasteiger partial charge on any atom is 0.404 e. The van der Waals surface area contributed by atoms with Gasteiger partial charge in [0.2, 0.25) is 0 Å². The smallest absolute Gasteiger partial charge is 0.404 e. The molecule has 0 saturated carbocycles. The van der Waals surface area contributed by atoms with Crippen LogP contribution in [-0.4, -0.2) is 29.0 Å². The Morgan fingerprint density at radius 2 is 2.00 bits per heavy atom. The Morgan fingerprint density at radius 3 is 2.47 bits per heavy atom. The highest BCUT2D eigenvalue weighted by molar-refractivity contribution is 6.30. The van der Waals surface area contributed by atoms with E-state index in [4.69, 9.17) is 21.8 Å². The molecule has 1 amide bonds. The highest BCUT2D eigenvalue weighted by Gasteiger charge is 2.10. The molecule has 5 heteroatoms. The molecule has 1 rings (SSSR count). The van der Waals surface area contributed by atoms with Gasteiger partial charge < -0.3 is 15.5 Å². The SMILES string of the molecule is O=C(O)NC(CO)Cc1ccc(Cl)cc1. The van der Waals surface area contributed by atoms with Crippen LogP contribution in [0.15, 0.2) is 24.3 Å². The first-order valence-corrected chi connectivity index (χ1v) is 4.84. The van der Waals surface area contributed by atoms with Gasteiger partial charge >= 0.3 is 6.09 Å². The number of carboxylic acid groups (broad SMARTS) is 1. The van der Waals surface area contributed by atoms with E-state index in [1.807, 2.05) is 0 Å². The third-order valence-corrected chi connectivity index (χ3v) is 2.20. The van der Waals surface area contributed by atoms with E-state index in [2.05, 4.69) is 5.32 Å². The van der Waals surface area contributed by atoms with E-state index >= 15 is 0 Å². The quantitative estimate of drug-likeness (QED) is 0.733. The van der Waals surface area contributed by atoms with Gasteiger partial charge in [0, 0.05) is 5.02 Å². The zero-order chi connectivity index (χ0) is 11.3. The van der Waals surface area contributed by atoms with Gasteiger partial charge in [-0.3, -0.25) is 0 Å². The molecule has 0 aliphatic heterocycles. The topological polar surface area (TPSA) is 69.6 Å². The molecular weight excluding hydrogens is 218 g/mol. The molecular formula is C10H12ClNO3. The molecule has 1 aromatic rings. The van der Waals surface area contributed by atoms with E-state index in [0.717, 1.165) is 5.56 Å². The third kappa shape index (κ3) is 4.18. The summed E-state index contributed by atoms with van der Waals surface area (Å²) in [5.74, 6) is 0. The fourth-order valence-corrected chi connectivity index (χ4v) is 1.37. The summed E-state index contributed by atoms with van der Waals surface area (Å²) < 4.78 is 0. The summed E-state index contributed by atoms with van der Waals surface area (Å²) in [5.41, 5.74) is 0.923. The van der Waals surface area contributed by atoms with Crippen LogP contribution >= 0.6 is 11.6 Å². The van der Waals surface area contributed by atoms with Crippen LogP contribution in [0.1, 0.15) is 5.56 Å². The number of aliphatic hydroxyl groups is 1. The van der Waals surface area contributed by atoms with Crippen LogP contribution in [0.5, 0.6) is 0 Å². The molecule has 0 bridgehead atoms. The highest BCUT2D eigenvalue weighted by Crippen LogP contribution is 2.10. The van der Waals surface area contributed by atoms with Crippen LogP contribution < -0.4 is 5.32 Å². The minimum atomic E-state index is -1.14. The predicted molar refractivity (Wildman–Crippen MR) is 57.2 cm³/mol. The predicted octanol–water partition coefficient (Wildman–Crippen LogP) is 1.51. The van der Waals surface area contributed by atoms with E-state index < -0.39 is 12.1 Å². The number of carbonyl (C=O) groups is 1. The first kappa shape index (κ1) is 11.8.